The SMILES string of the molecule is CCCCCCCCC=CCCCCCCCC(=O)N1CC2CCC(CC2)C1. The van der Waals surface area contributed by atoms with Gasteiger partial charge in [0.1, 0.15) is 0 Å². The standard InChI is InChI=1S/C26H47NO/c1-2-3-4-5-6-7-8-9-10-11-12-13-14-15-16-17-26(28)27-22-24-18-19-25(23-27)21-20-24/h9-10,24-25H,2-8,11-23H2,1H3. The van der Waals surface area contributed by atoms with E-state index >= 15 is 0 Å². The lowest BCUT2D eigenvalue weighted by molar-refractivity contribution is -0.131. The summed E-state index contributed by atoms with van der Waals surface area (Å²) in [6.45, 7) is 4.39. The molecule has 2 heterocycles. The van der Waals surface area contributed by atoms with E-state index in [2.05, 4.69) is 24.0 Å². The second-order valence-corrected chi connectivity index (χ2v) is 9.52. The summed E-state index contributed by atoms with van der Waals surface area (Å²) in [6, 6.07) is 0. The van der Waals surface area contributed by atoms with Gasteiger partial charge in [0.2, 0.25) is 5.91 Å². The normalized spacial score (nSPS) is 22.1. The Kier molecular flexibility index (Phi) is 12.7. The van der Waals surface area contributed by atoms with Crippen molar-refractivity contribution in [3.8, 4) is 0 Å². The molecule has 162 valence electrons. The van der Waals surface area contributed by atoms with Crippen LogP contribution >= 0.6 is 0 Å². The summed E-state index contributed by atoms with van der Waals surface area (Å²) < 4.78 is 0. The van der Waals surface area contributed by atoms with Crippen LogP contribution in [0.1, 0.15) is 122 Å². The molecule has 2 nitrogen and oxygen atoms in total. The summed E-state index contributed by atoms with van der Waals surface area (Å²) in [4.78, 5) is 14.7. The number of amides is 1. The van der Waals surface area contributed by atoms with E-state index in [0.717, 1.165) is 37.8 Å². The van der Waals surface area contributed by atoms with E-state index in [1.165, 1.54) is 103 Å². The number of nitrogens with zero attached hydrogens (tertiary/aromatic N) is 1. The molecule has 0 aromatic carbocycles. The largest absolute Gasteiger partial charge is 0.342 e. The van der Waals surface area contributed by atoms with Gasteiger partial charge in [0.05, 0.1) is 0 Å². The molecule has 28 heavy (non-hydrogen) atoms. The maximum Gasteiger partial charge on any atom is 0.222 e. The third-order valence-corrected chi connectivity index (χ3v) is 6.93. The molecular weight excluding hydrogens is 342 g/mol. The third kappa shape index (κ3) is 10.1. The van der Waals surface area contributed by atoms with Crippen LogP contribution in [0, 0.1) is 11.8 Å². The van der Waals surface area contributed by atoms with E-state index in [9.17, 15) is 4.79 Å². The van der Waals surface area contributed by atoms with Crippen LogP contribution in [0.4, 0.5) is 0 Å². The molecule has 0 aromatic rings. The van der Waals surface area contributed by atoms with Crippen molar-refractivity contribution in [2.75, 3.05) is 13.1 Å². The van der Waals surface area contributed by atoms with E-state index in [-0.39, 0.29) is 0 Å². The molecule has 2 aliphatic heterocycles. The number of hydrogen-bond acceptors (Lipinski definition) is 1. The van der Waals surface area contributed by atoms with Crippen LogP contribution in [0.15, 0.2) is 12.2 Å². The molecule has 0 aromatic heterocycles. The molecule has 2 heteroatoms. The summed E-state index contributed by atoms with van der Waals surface area (Å²) in [7, 11) is 0. The maximum atomic E-state index is 12.5. The first kappa shape index (κ1) is 23.5. The average molecular weight is 390 g/mol. The van der Waals surface area contributed by atoms with Gasteiger partial charge in [0.15, 0.2) is 0 Å². The van der Waals surface area contributed by atoms with Gasteiger partial charge in [0.25, 0.3) is 0 Å². The van der Waals surface area contributed by atoms with Gasteiger partial charge in [-0.15, -0.1) is 0 Å². The van der Waals surface area contributed by atoms with Crippen molar-refractivity contribution in [1.82, 2.24) is 4.90 Å². The minimum Gasteiger partial charge on any atom is -0.342 e. The highest BCUT2D eigenvalue weighted by molar-refractivity contribution is 5.76. The maximum absolute atomic E-state index is 12.5. The van der Waals surface area contributed by atoms with E-state index in [4.69, 9.17) is 0 Å². The number of rotatable bonds is 15. The Balaban J connectivity index is 1.37. The second kappa shape index (κ2) is 15.1. The topological polar surface area (TPSA) is 20.3 Å². The Labute approximate surface area is 175 Å². The molecule has 0 radical (unpaired) electrons. The zero-order valence-corrected chi connectivity index (χ0v) is 18.8. The number of carbonyl (C=O) groups excluding carboxylic acids is 1. The predicted octanol–water partition coefficient (Wildman–Crippen LogP) is 7.67. The van der Waals surface area contributed by atoms with Gasteiger partial charge in [-0.25, -0.2) is 0 Å². The van der Waals surface area contributed by atoms with Crippen LogP contribution in [-0.4, -0.2) is 23.9 Å². The van der Waals surface area contributed by atoms with Crippen molar-refractivity contribution in [1.29, 1.82) is 0 Å². The molecule has 0 spiro atoms. The number of allylic oxidation sites excluding steroid dienone is 2. The molecule has 3 rings (SSSR count). The number of unbranched alkanes of at least 4 members (excludes halogenated alkanes) is 11. The molecule has 2 saturated heterocycles. The molecule has 0 N–H and O–H groups in total. The van der Waals surface area contributed by atoms with E-state index < -0.39 is 0 Å². The third-order valence-electron chi connectivity index (χ3n) is 6.93. The van der Waals surface area contributed by atoms with Crippen molar-refractivity contribution in [3.63, 3.8) is 0 Å². The van der Waals surface area contributed by atoms with Crippen molar-refractivity contribution in [3.05, 3.63) is 12.2 Å². The Morgan fingerprint density at radius 1 is 0.714 bits per heavy atom. The van der Waals surface area contributed by atoms with Gasteiger partial charge >= 0.3 is 0 Å². The summed E-state index contributed by atoms with van der Waals surface area (Å²) in [5, 5.41) is 0. The minimum atomic E-state index is 0.441. The van der Waals surface area contributed by atoms with Gasteiger partial charge in [0, 0.05) is 19.5 Å². The van der Waals surface area contributed by atoms with E-state index in [1.54, 1.807) is 0 Å². The van der Waals surface area contributed by atoms with Crippen molar-refractivity contribution in [2.24, 2.45) is 11.8 Å². The molecule has 2 bridgehead atoms. The molecule has 0 atom stereocenters. The first-order chi connectivity index (χ1) is 13.8. The van der Waals surface area contributed by atoms with Crippen molar-refractivity contribution >= 4 is 5.91 Å². The lowest BCUT2D eigenvalue weighted by atomic mass is 9.84. The van der Waals surface area contributed by atoms with Crippen LogP contribution in [0.25, 0.3) is 0 Å². The first-order valence-electron chi connectivity index (χ1n) is 12.7. The highest BCUT2D eigenvalue weighted by Gasteiger charge is 2.31. The monoisotopic (exact) mass is 389 g/mol. The van der Waals surface area contributed by atoms with Crippen LogP contribution in [0.5, 0.6) is 0 Å². The van der Waals surface area contributed by atoms with Crippen LogP contribution in [0.3, 0.4) is 0 Å². The van der Waals surface area contributed by atoms with Crippen LogP contribution in [-0.2, 0) is 4.79 Å². The Morgan fingerprint density at radius 2 is 1.18 bits per heavy atom. The van der Waals surface area contributed by atoms with Gasteiger partial charge in [-0.3, -0.25) is 4.79 Å². The highest BCUT2D eigenvalue weighted by Crippen LogP contribution is 2.34. The Hall–Kier alpha value is -0.790. The van der Waals surface area contributed by atoms with Crippen molar-refractivity contribution < 1.29 is 4.79 Å². The molecule has 3 fully saturated rings. The molecular formula is C26H47NO. The van der Waals surface area contributed by atoms with Gasteiger partial charge < -0.3 is 4.90 Å². The Bertz CT molecular complexity index is 408. The zero-order chi connectivity index (χ0) is 19.9. The lowest BCUT2D eigenvalue weighted by Crippen LogP contribution is -2.34. The fourth-order valence-electron chi connectivity index (χ4n) is 5.00. The van der Waals surface area contributed by atoms with E-state index in [1.807, 2.05) is 0 Å². The van der Waals surface area contributed by atoms with Gasteiger partial charge in [-0.2, -0.15) is 0 Å². The number of carbonyl (C=O) groups is 1. The summed E-state index contributed by atoms with van der Waals surface area (Å²) in [5.41, 5.74) is 0. The zero-order valence-electron chi connectivity index (χ0n) is 18.8. The lowest BCUT2D eigenvalue weighted by Gasteiger charge is -2.22. The van der Waals surface area contributed by atoms with Gasteiger partial charge in [-0.05, 0) is 69.6 Å². The molecule has 1 aliphatic carbocycles. The summed E-state index contributed by atoms with van der Waals surface area (Å²) in [6.07, 6.45) is 28.2. The summed E-state index contributed by atoms with van der Waals surface area (Å²) in [5.74, 6) is 2.05. The highest BCUT2D eigenvalue weighted by atomic mass is 16.2. The number of hydrogen-bond donors (Lipinski definition) is 0. The smallest absolute Gasteiger partial charge is 0.222 e. The average Bonchev–Trinajstić information content (AvgIpc) is 3.05. The summed E-state index contributed by atoms with van der Waals surface area (Å²) >= 11 is 0. The van der Waals surface area contributed by atoms with Gasteiger partial charge in [-0.1, -0.05) is 70.4 Å². The first-order valence-corrected chi connectivity index (χ1v) is 12.7. The van der Waals surface area contributed by atoms with E-state index in [0.29, 0.717) is 5.91 Å². The minimum absolute atomic E-state index is 0.441. The molecule has 3 aliphatic rings. The quantitative estimate of drug-likeness (QED) is 0.208. The molecule has 0 unspecified atom stereocenters. The number of fused-ring (bicyclic) bond motifs is 4. The Morgan fingerprint density at radius 3 is 1.71 bits per heavy atom. The second-order valence-electron chi connectivity index (χ2n) is 9.52. The molecule has 1 amide bonds. The molecule has 1 saturated carbocycles. The fourth-order valence-corrected chi connectivity index (χ4v) is 5.00. The van der Waals surface area contributed by atoms with Crippen LogP contribution in [0.2, 0.25) is 0 Å². The van der Waals surface area contributed by atoms with Crippen LogP contribution < -0.4 is 0 Å². The van der Waals surface area contributed by atoms with Crippen molar-refractivity contribution in [2.45, 2.75) is 122 Å². The fraction of sp³-hybridized carbons (Fsp3) is 0.885. The predicted molar refractivity (Wildman–Crippen MR) is 121 cm³/mol.